The number of rotatable bonds is 2. The van der Waals surface area contributed by atoms with E-state index in [4.69, 9.17) is 25.8 Å². The van der Waals surface area contributed by atoms with Gasteiger partial charge in [0.05, 0.1) is 18.8 Å². The van der Waals surface area contributed by atoms with Crippen LogP contribution >= 0.6 is 11.6 Å². The summed E-state index contributed by atoms with van der Waals surface area (Å²) in [7, 11) is 0. The summed E-state index contributed by atoms with van der Waals surface area (Å²) in [6, 6.07) is 5.45. The predicted octanol–water partition coefficient (Wildman–Crippen LogP) is 2.73. The van der Waals surface area contributed by atoms with Crippen molar-refractivity contribution in [1.29, 1.82) is 0 Å². The number of ether oxygens (including phenoxy) is 3. The summed E-state index contributed by atoms with van der Waals surface area (Å²) in [5.41, 5.74) is 1.54. The molecule has 0 aliphatic carbocycles. The minimum Gasteiger partial charge on any atom is -0.488 e. The maximum Gasteiger partial charge on any atom is 0.253 e. The number of nitrogens with zero attached hydrogens (tertiary/aromatic N) is 1. The van der Waals surface area contributed by atoms with Crippen LogP contribution < -0.4 is 4.74 Å². The molecule has 6 heteroatoms. The minimum atomic E-state index is -0.0894. The Hall–Kier alpha value is -1.56. The van der Waals surface area contributed by atoms with Gasteiger partial charge >= 0.3 is 0 Å². The first-order chi connectivity index (χ1) is 11.7. The average Bonchev–Trinajstić information content (AvgIpc) is 3.15. The Balaban J connectivity index is 1.41. The Morgan fingerprint density at radius 2 is 1.92 bits per heavy atom. The van der Waals surface area contributed by atoms with Gasteiger partial charge in [0.2, 0.25) is 0 Å². The van der Waals surface area contributed by atoms with Crippen molar-refractivity contribution in [3.63, 3.8) is 0 Å². The maximum absolute atomic E-state index is 12.8. The van der Waals surface area contributed by atoms with E-state index in [-0.39, 0.29) is 12.2 Å². The lowest BCUT2D eigenvalue weighted by Crippen LogP contribution is -2.42. The topological polar surface area (TPSA) is 48.0 Å². The van der Waals surface area contributed by atoms with Gasteiger partial charge in [0.25, 0.3) is 5.91 Å². The van der Waals surface area contributed by atoms with Gasteiger partial charge in [0.1, 0.15) is 12.4 Å². The third kappa shape index (κ3) is 3.16. The van der Waals surface area contributed by atoms with Crippen molar-refractivity contribution in [3.8, 4) is 5.75 Å². The lowest BCUT2D eigenvalue weighted by molar-refractivity contribution is -0.133. The van der Waals surface area contributed by atoms with Crippen LogP contribution in [0.15, 0.2) is 23.8 Å². The van der Waals surface area contributed by atoms with Crippen LogP contribution in [0.4, 0.5) is 0 Å². The van der Waals surface area contributed by atoms with Crippen LogP contribution in [0.25, 0.3) is 6.08 Å². The first-order valence-electron chi connectivity index (χ1n) is 8.36. The summed E-state index contributed by atoms with van der Waals surface area (Å²) < 4.78 is 16.9. The third-order valence-electron chi connectivity index (χ3n) is 4.82. The van der Waals surface area contributed by atoms with Gasteiger partial charge in [-0.05, 0) is 37.1 Å². The van der Waals surface area contributed by atoms with Gasteiger partial charge in [-0.25, -0.2) is 0 Å². The van der Waals surface area contributed by atoms with Crippen LogP contribution in [0, 0.1) is 5.92 Å². The molecule has 0 atom stereocenters. The molecule has 4 rings (SSSR count). The maximum atomic E-state index is 12.8. The number of hydrogen-bond acceptors (Lipinski definition) is 4. The molecule has 3 aliphatic rings. The average molecular weight is 350 g/mol. The Kier molecular flexibility index (Phi) is 4.48. The summed E-state index contributed by atoms with van der Waals surface area (Å²) in [6.07, 6.45) is 3.62. The Morgan fingerprint density at radius 1 is 1.17 bits per heavy atom. The van der Waals surface area contributed by atoms with Crippen molar-refractivity contribution in [3.05, 3.63) is 34.4 Å². The highest BCUT2D eigenvalue weighted by atomic mass is 35.5. The van der Waals surface area contributed by atoms with Gasteiger partial charge in [-0.1, -0.05) is 11.6 Å². The van der Waals surface area contributed by atoms with E-state index in [0.717, 1.165) is 37.2 Å². The molecule has 5 nitrogen and oxygen atoms in total. The summed E-state index contributed by atoms with van der Waals surface area (Å²) in [5.74, 6) is 1.20. The molecule has 3 heterocycles. The SMILES string of the molecule is O=C(C1=Cc2cc(Cl)ccc2OC1)N1CCC(C2OCCO2)CC1. The van der Waals surface area contributed by atoms with Crippen LogP contribution in [0.5, 0.6) is 5.75 Å². The number of carbonyl (C=O) groups excluding carboxylic acids is 1. The van der Waals surface area contributed by atoms with E-state index in [1.807, 2.05) is 23.1 Å². The van der Waals surface area contributed by atoms with Gasteiger partial charge in [-0.15, -0.1) is 0 Å². The number of hydrogen-bond donors (Lipinski definition) is 0. The first kappa shape index (κ1) is 15.9. The van der Waals surface area contributed by atoms with Crippen molar-refractivity contribution in [2.24, 2.45) is 5.92 Å². The summed E-state index contributed by atoms with van der Waals surface area (Å²) in [6.45, 7) is 3.12. The first-order valence-corrected chi connectivity index (χ1v) is 8.74. The van der Waals surface area contributed by atoms with E-state index in [1.54, 1.807) is 6.07 Å². The zero-order valence-corrected chi connectivity index (χ0v) is 14.1. The summed E-state index contributed by atoms with van der Waals surface area (Å²) in [5, 5.41) is 0.639. The molecule has 0 saturated carbocycles. The Bertz CT molecular complexity index is 661. The highest BCUT2D eigenvalue weighted by Crippen LogP contribution is 2.31. The fourth-order valence-electron chi connectivity index (χ4n) is 3.50. The van der Waals surface area contributed by atoms with Crippen LogP contribution in [0.1, 0.15) is 18.4 Å². The van der Waals surface area contributed by atoms with E-state index in [9.17, 15) is 4.79 Å². The molecule has 0 radical (unpaired) electrons. The zero-order chi connectivity index (χ0) is 16.5. The highest BCUT2D eigenvalue weighted by molar-refractivity contribution is 6.30. The molecule has 128 valence electrons. The number of piperidine rings is 1. The van der Waals surface area contributed by atoms with Crippen molar-refractivity contribution >= 4 is 23.6 Å². The standard InChI is InChI=1S/C18H20ClNO4/c19-15-1-2-16-13(10-15)9-14(11-24-16)17(21)20-5-3-12(4-6-20)18-22-7-8-23-18/h1-2,9-10,12,18H,3-8,11H2. The van der Waals surface area contributed by atoms with Crippen LogP contribution in [0.3, 0.4) is 0 Å². The molecule has 24 heavy (non-hydrogen) atoms. The molecule has 1 aromatic carbocycles. The number of benzene rings is 1. The number of carbonyl (C=O) groups is 1. The summed E-state index contributed by atoms with van der Waals surface area (Å²) >= 11 is 6.03. The molecular formula is C18H20ClNO4. The second kappa shape index (κ2) is 6.75. The van der Waals surface area contributed by atoms with Crippen LogP contribution in [-0.2, 0) is 14.3 Å². The van der Waals surface area contributed by atoms with Crippen LogP contribution in [0.2, 0.25) is 5.02 Å². The predicted molar refractivity (Wildman–Crippen MR) is 89.9 cm³/mol. The monoisotopic (exact) mass is 349 g/mol. The van der Waals surface area contributed by atoms with Crippen molar-refractivity contribution < 1.29 is 19.0 Å². The molecule has 2 fully saturated rings. The summed E-state index contributed by atoms with van der Waals surface area (Å²) in [4.78, 5) is 14.7. The number of halogens is 1. The number of amides is 1. The fraction of sp³-hybridized carbons (Fsp3) is 0.500. The smallest absolute Gasteiger partial charge is 0.253 e. The normalized spacial score (nSPS) is 22.0. The van der Waals surface area contributed by atoms with E-state index in [0.29, 0.717) is 36.3 Å². The number of fused-ring (bicyclic) bond motifs is 1. The Labute approximate surface area is 146 Å². The second-order valence-electron chi connectivity index (χ2n) is 6.38. The van der Waals surface area contributed by atoms with Crippen molar-refractivity contribution in [2.75, 3.05) is 32.9 Å². The lowest BCUT2D eigenvalue weighted by atomic mass is 9.95. The second-order valence-corrected chi connectivity index (χ2v) is 6.82. The van der Waals surface area contributed by atoms with Crippen molar-refractivity contribution in [1.82, 2.24) is 4.90 Å². The largest absolute Gasteiger partial charge is 0.488 e. The molecule has 0 spiro atoms. The van der Waals surface area contributed by atoms with E-state index < -0.39 is 0 Å². The molecule has 1 amide bonds. The molecule has 0 bridgehead atoms. The van der Waals surface area contributed by atoms with E-state index in [2.05, 4.69) is 0 Å². The molecule has 0 aromatic heterocycles. The fourth-order valence-corrected chi connectivity index (χ4v) is 3.68. The molecule has 0 unspecified atom stereocenters. The number of likely N-dealkylation sites (tertiary alicyclic amines) is 1. The third-order valence-corrected chi connectivity index (χ3v) is 5.05. The van der Waals surface area contributed by atoms with E-state index >= 15 is 0 Å². The quantitative estimate of drug-likeness (QED) is 0.823. The molecule has 1 aromatic rings. The molecule has 2 saturated heterocycles. The van der Waals surface area contributed by atoms with Gasteiger partial charge in [0.15, 0.2) is 6.29 Å². The van der Waals surface area contributed by atoms with Crippen LogP contribution in [-0.4, -0.2) is 50.0 Å². The zero-order valence-electron chi connectivity index (χ0n) is 13.4. The van der Waals surface area contributed by atoms with Gasteiger partial charge in [-0.2, -0.15) is 0 Å². The molecule has 3 aliphatic heterocycles. The lowest BCUT2D eigenvalue weighted by Gasteiger charge is -2.34. The van der Waals surface area contributed by atoms with E-state index in [1.165, 1.54) is 0 Å². The Morgan fingerprint density at radius 3 is 2.67 bits per heavy atom. The molecular weight excluding hydrogens is 330 g/mol. The van der Waals surface area contributed by atoms with Crippen molar-refractivity contribution in [2.45, 2.75) is 19.1 Å². The highest BCUT2D eigenvalue weighted by Gasteiger charge is 2.33. The van der Waals surface area contributed by atoms with Gasteiger partial charge < -0.3 is 19.1 Å². The van der Waals surface area contributed by atoms with Gasteiger partial charge in [0, 0.05) is 29.6 Å². The van der Waals surface area contributed by atoms with Gasteiger partial charge in [-0.3, -0.25) is 4.79 Å². The molecule has 0 N–H and O–H groups in total. The minimum absolute atomic E-state index is 0.0485.